The van der Waals surface area contributed by atoms with Crippen LogP contribution in [-0.2, 0) is 16.8 Å². The first kappa shape index (κ1) is 18.5. The highest BCUT2D eigenvalue weighted by Gasteiger charge is 2.37. The Morgan fingerprint density at radius 2 is 1.81 bits per heavy atom. The Morgan fingerprint density at radius 1 is 1.15 bits per heavy atom. The molecule has 27 heavy (non-hydrogen) atoms. The number of likely N-dealkylation sites (N-methyl/N-ethyl adjacent to an activating group) is 1. The van der Waals surface area contributed by atoms with E-state index in [0.717, 1.165) is 16.9 Å². The van der Waals surface area contributed by atoms with Crippen molar-refractivity contribution in [3.63, 3.8) is 0 Å². The molecule has 0 saturated carbocycles. The molecule has 4 nitrogen and oxygen atoms in total. The number of fused-ring (bicyclic) bond motifs is 1. The largest absolute Gasteiger partial charge is 0.347 e. The number of amides is 1. The zero-order chi connectivity index (χ0) is 19.4. The molecule has 1 heterocycles. The first-order valence-corrected chi connectivity index (χ1v) is 8.93. The molecule has 0 aliphatic carbocycles. The number of rotatable bonds is 4. The number of nitrogens with one attached hydrogen (secondary N) is 1. The number of hydrogen-bond acceptors (Lipinski definition) is 3. The number of para-hydroxylation sites is 1. The van der Waals surface area contributed by atoms with Crippen LogP contribution < -0.4 is 10.2 Å². The van der Waals surface area contributed by atoms with E-state index in [-0.39, 0.29) is 16.9 Å². The smallest absolute Gasteiger partial charge is 0.262 e. The van der Waals surface area contributed by atoms with Crippen LogP contribution in [0, 0.1) is 11.3 Å². The number of anilines is 1. The maximum atomic E-state index is 12.4. The summed E-state index contributed by atoms with van der Waals surface area (Å²) in [6, 6.07) is 19.9. The van der Waals surface area contributed by atoms with Crippen molar-refractivity contribution in [2.75, 3.05) is 11.9 Å². The molecular weight excluding hydrogens is 334 g/mol. The van der Waals surface area contributed by atoms with Gasteiger partial charge in [-0.2, -0.15) is 5.26 Å². The number of hydrogen-bond donors (Lipinski definition) is 1. The molecule has 1 N–H and O–H groups in total. The van der Waals surface area contributed by atoms with Crippen molar-refractivity contribution in [3.05, 3.63) is 89.1 Å². The number of allylic oxidation sites excluding steroid dienone is 3. The Bertz CT molecular complexity index is 949. The van der Waals surface area contributed by atoms with Crippen LogP contribution >= 0.6 is 0 Å². The lowest BCUT2D eigenvalue weighted by atomic mass is 9.83. The molecule has 0 bridgehead atoms. The lowest BCUT2D eigenvalue weighted by Crippen LogP contribution is -2.24. The molecule has 0 fully saturated rings. The molecule has 1 aliphatic rings. The predicted octanol–water partition coefficient (Wildman–Crippen LogP) is 4.06. The molecule has 3 rings (SSSR count). The van der Waals surface area contributed by atoms with E-state index < -0.39 is 0 Å². The summed E-state index contributed by atoms with van der Waals surface area (Å²) in [6.45, 7) is 4.69. The summed E-state index contributed by atoms with van der Waals surface area (Å²) in [6.07, 6.45) is 3.49. The van der Waals surface area contributed by atoms with Gasteiger partial charge in [0.2, 0.25) is 0 Å². The molecule has 1 amide bonds. The molecule has 2 aromatic rings. The van der Waals surface area contributed by atoms with E-state index in [1.165, 1.54) is 5.56 Å². The van der Waals surface area contributed by atoms with E-state index in [4.69, 9.17) is 0 Å². The summed E-state index contributed by atoms with van der Waals surface area (Å²) in [5.74, 6) is -0.367. The second kappa shape index (κ2) is 7.51. The van der Waals surface area contributed by atoms with Crippen molar-refractivity contribution >= 4 is 11.6 Å². The van der Waals surface area contributed by atoms with Crippen LogP contribution in [0.2, 0.25) is 0 Å². The third kappa shape index (κ3) is 3.63. The summed E-state index contributed by atoms with van der Waals surface area (Å²) in [4.78, 5) is 14.5. The van der Waals surface area contributed by atoms with Crippen molar-refractivity contribution in [2.45, 2.75) is 25.8 Å². The van der Waals surface area contributed by atoms with Crippen molar-refractivity contribution in [1.29, 1.82) is 5.26 Å². The van der Waals surface area contributed by atoms with Gasteiger partial charge in [0.05, 0.1) is 0 Å². The van der Waals surface area contributed by atoms with Crippen molar-refractivity contribution in [1.82, 2.24) is 5.32 Å². The highest BCUT2D eigenvalue weighted by Crippen LogP contribution is 2.46. The average molecular weight is 357 g/mol. The van der Waals surface area contributed by atoms with E-state index >= 15 is 0 Å². The summed E-state index contributed by atoms with van der Waals surface area (Å²) in [5.41, 5.74) is 4.33. The van der Waals surface area contributed by atoms with Crippen molar-refractivity contribution in [3.8, 4) is 6.07 Å². The molecule has 0 spiro atoms. The third-order valence-corrected chi connectivity index (χ3v) is 5.01. The van der Waals surface area contributed by atoms with Gasteiger partial charge in [-0.05, 0) is 29.3 Å². The highest BCUT2D eigenvalue weighted by molar-refractivity contribution is 5.97. The maximum Gasteiger partial charge on any atom is 0.262 e. The first-order valence-electron chi connectivity index (χ1n) is 8.93. The first-order chi connectivity index (χ1) is 12.9. The maximum absolute atomic E-state index is 12.4. The fraction of sp³-hybridized carbons (Fsp3) is 0.217. The average Bonchev–Trinajstić information content (AvgIpc) is 2.88. The van der Waals surface area contributed by atoms with Gasteiger partial charge in [0.1, 0.15) is 11.6 Å². The van der Waals surface area contributed by atoms with Crippen LogP contribution in [0.3, 0.4) is 0 Å². The van der Waals surface area contributed by atoms with Gasteiger partial charge < -0.3 is 10.2 Å². The molecular formula is C23H23N3O. The fourth-order valence-electron chi connectivity index (χ4n) is 3.50. The van der Waals surface area contributed by atoms with Crippen LogP contribution in [0.15, 0.2) is 78.0 Å². The molecule has 1 aliphatic heterocycles. The Balaban J connectivity index is 1.80. The van der Waals surface area contributed by atoms with Gasteiger partial charge in [0.25, 0.3) is 5.91 Å². The Kier molecular flexibility index (Phi) is 5.14. The van der Waals surface area contributed by atoms with Crippen LogP contribution in [-0.4, -0.2) is 13.0 Å². The van der Waals surface area contributed by atoms with Crippen molar-refractivity contribution < 1.29 is 4.79 Å². The third-order valence-electron chi connectivity index (χ3n) is 5.01. The second-order valence-electron chi connectivity index (χ2n) is 7.11. The van der Waals surface area contributed by atoms with Crippen molar-refractivity contribution in [2.24, 2.45) is 0 Å². The second-order valence-corrected chi connectivity index (χ2v) is 7.11. The number of nitrogens with zero attached hydrogens (tertiary/aromatic N) is 2. The highest BCUT2D eigenvalue weighted by atomic mass is 16.1. The lowest BCUT2D eigenvalue weighted by molar-refractivity contribution is -0.117. The zero-order valence-electron chi connectivity index (χ0n) is 15.9. The standard InChI is InChI=1S/C23H23N3O/c1-23(2)19-11-7-8-12-20(19)26(3)21(23)14-13-18(15-24)22(27)25-16-17-9-5-4-6-10-17/h4-14H,16H2,1-3H3,(H,25,27)/b18-13+,21-14-. The van der Waals surface area contributed by atoms with Gasteiger partial charge >= 0.3 is 0 Å². The minimum atomic E-state index is -0.367. The van der Waals surface area contributed by atoms with Gasteiger partial charge in [-0.1, -0.05) is 62.4 Å². The van der Waals surface area contributed by atoms with Crippen LogP contribution in [0.5, 0.6) is 0 Å². The Morgan fingerprint density at radius 3 is 2.48 bits per heavy atom. The van der Waals surface area contributed by atoms with E-state index in [1.807, 2.05) is 61.7 Å². The van der Waals surface area contributed by atoms with Crippen LogP contribution in [0.1, 0.15) is 25.0 Å². The van der Waals surface area contributed by atoms with Gasteiger partial charge in [0.15, 0.2) is 0 Å². The summed E-state index contributed by atoms with van der Waals surface area (Å²) < 4.78 is 0. The molecule has 0 saturated heterocycles. The van der Waals surface area contributed by atoms with E-state index in [0.29, 0.717) is 6.54 Å². The summed E-state index contributed by atoms with van der Waals surface area (Å²) >= 11 is 0. The zero-order valence-corrected chi connectivity index (χ0v) is 15.9. The van der Waals surface area contributed by atoms with E-state index in [9.17, 15) is 10.1 Å². The Hall–Kier alpha value is -3.32. The topological polar surface area (TPSA) is 56.1 Å². The summed E-state index contributed by atoms with van der Waals surface area (Å²) in [7, 11) is 2.01. The van der Waals surface area contributed by atoms with Crippen LogP contribution in [0.25, 0.3) is 0 Å². The minimum Gasteiger partial charge on any atom is -0.347 e. The van der Waals surface area contributed by atoms with Gasteiger partial charge in [0, 0.05) is 30.4 Å². The molecule has 0 radical (unpaired) electrons. The molecule has 4 heteroatoms. The molecule has 0 aromatic heterocycles. The lowest BCUT2D eigenvalue weighted by Gasteiger charge is -2.23. The molecule has 136 valence electrons. The van der Waals surface area contributed by atoms with E-state index in [2.05, 4.69) is 36.2 Å². The minimum absolute atomic E-state index is 0.0959. The summed E-state index contributed by atoms with van der Waals surface area (Å²) in [5, 5.41) is 12.2. The number of nitriles is 1. The SMILES string of the molecule is CN1/C(=C\C=C(/C#N)C(=O)NCc2ccccc2)C(C)(C)c2ccccc21. The fourth-order valence-corrected chi connectivity index (χ4v) is 3.50. The van der Waals surface area contributed by atoms with E-state index in [1.54, 1.807) is 6.08 Å². The number of benzene rings is 2. The number of carbonyl (C=O) groups excluding carboxylic acids is 1. The predicted molar refractivity (Wildman–Crippen MR) is 108 cm³/mol. The van der Waals surface area contributed by atoms with Gasteiger partial charge in [-0.25, -0.2) is 0 Å². The van der Waals surface area contributed by atoms with Crippen LogP contribution in [0.4, 0.5) is 5.69 Å². The number of carbonyl (C=O) groups is 1. The molecule has 0 unspecified atom stereocenters. The molecule has 2 aromatic carbocycles. The van der Waals surface area contributed by atoms with Gasteiger partial charge in [-0.3, -0.25) is 4.79 Å². The monoisotopic (exact) mass is 357 g/mol. The quantitative estimate of drug-likeness (QED) is 0.663. The Labute approximate surface area is 160 Å². The molecule has 0 atom stereocenters. The normalized spacial score (nSPS) is 16.7. The van der Waals surface area contributed by atoms with Gasteiger partial charge in [-0.15, -0.1) is 0 Å².